The van der Waals surface area contributed by atoms with Crippen molar-refractivity contribution in [1.29, 1.82) is 0 Å². The Morgan fingerprint density at radius 2 is 2.00 bits per heavy atom. The Labute approximate surface area is 115 Å². The van der Waals surface area contributed by atoms with E-state index < -0.39 is 18.0 Å². The van der Waals surface area contributed by atoms with Gasteiger partial charge in [0.1, 0.15) is 6.10 Å². The van der Waals surface area contributed by atoms with E-state index >= 15 is 0 Å². The van der Waals surface area contributed by atoms with Crippen LogP contribution in [0.3, 0.4) is 0 Å². The molecule has 0 amide bonds. The molecule has 0 aliphatic rings. The second-order valence-corrected chi connectivity index (χ2v) is 7.08. The molecule has 2 N–H and O–H groups in total. The lowest BCUT2D eigenvalue weighted by molar-refractivity contribution is -0.148. The fourth-order valence-corrected chi connectivity index (χ4v) is 3.59. The first-order valence-electron chi connectivity index (χ1n) is 4.70. The van der Waals surface area contributed by atoms with Gasteiger partial charge in [0.25, 0.3) is 0 Å². The third-order valence-corrected chi connectivity index (χ3v) is 5.63. The molecule has 0 saturated heterocycles. The minimum Gasteiger partial charge on any atom is -0.481 e. The van der Waals surface area contributed by atoms with E-state index in [-0.39, 0.29) is 5.92 Å². The molecule has 1 heterocycles. The van der Waals surface area contributed by atoms with Crippen molar-refractivity contribution in [2.45, 2.75) is 20.0 Å². The largest absolute Gasteiger partial charge is 0.481 e. The maximum atomic E-state index is 11.1. The van der Waals surface area contributed by atoms with Gasteiger partial charge in [-0.15, -0.1) is 11.3 Å². The van der Waals surface area contributed by atoms with Gasteiger partial charge in [0, 0.05) is 9.35 Å². The SMILES string of the molecule is CC(C)C(C(=O)O)C(O)c1cc(Br)c(Br)s1. The summed E-state index contributed by atoms with van der Waals surface area (Å²) >= 11 is 7.98. The Morgan fingerprint density at radius 3 is 2.31 bits per heavy atom. The topological polar surface area (TPSA) is 57.5 Å². The van der Waals surface area contributed by atoms with Crippen LogP contribution in [0.15, 0.2) is 14.3 Å². The number of rotatable bonds is 4. The molecule has 1 rings (SSSR count). The van der Waals surface area contributed by atoms with E-state index in [1.807, 2.05) is 0 Å². The maximum absolute atomic E-state index is 11.1. The molecular weight excluding hydrogens is 360 g/mol. The van der Waals surface area contributed by atoms with Gasteiger partial charge in [0.05, 0.1) is 9.70 Å². The molecule has 0 saturated carbocycles. The maximum Gasteiger partial charge on any atom is 0.309 e. The van der Waals surface area contributed by atoms with Crippen LogP contribution in [0.1, 0.15) is 24.8 Å². The van der Waals surface area contributed by atoms with Crippen LogP contribution in [0.4, 0.5) is 0 Å². The van der Waals surface area contributed by atoms with Crippen LogP contribution in [0.5, 0.6) is 0 Å². The van der Waals surface area contributed by atoms with E-state index in [0.717, 1.165) is 8.26 Å². The fourth-order valence-electron chi connectivity index (χ4n) is 1.47. The summed E-state index contributed by atoms with van der Waals surface area (Å²) in [5.41, 5.74) is 0. The van der Waals surface area contributed by atoms with E-state index in [9.17, 15) is 9.90 Å². The summed E-state index contributed by atoms with van der Waals surface area (Å²) in [7, 11) is 0. The first kappa shape index (κ1) is 14.2. The van der Waals surface area contributed by atoms with Crippen LogP contribution < -0.4 is 0 Å². The lowest BCUT2D eigenvalue weighted by Crippen LogP contribution is -2.26. The molecule has 6 heteroatoms. The zero-order chi connectivity index (χ0) is 12.5. The number of carboxylic acid groups (broad SMARTS) is 1. The standard InChI is InChI=1S/C10H12Br2O3S/c1-4(2)7(10(14)15)8(13)6-3-5(11)9(12)16-6/h3-4,7-8,13H,1-2H3,(H,14,15). The van der Waals surface area contributed by atoms with Crippen molar-refractivity contribution in [3.63, 3.8) is 0 Å². The Morgan fingerprint density at radius 1 is 1.44 bits per heavy atom. The number of halogens is 2. The highest BCUT2D eigenvalue weighted by atomic mass is 79.9. The molecule has 2 unspecified atom stereocenters. The summed E-state index contributed by atoms with van der Waals surface area (Å²) in [6.07, 6.45) is -0.968. The minimum atomic E-state index is -0.969. The number of hydrogen-bond acceptors (Lipinski definition) is 3. The summed E-state index contributed by atoms with van der Waals surface area (Å²) in [6.45, 7) is 3.58. The van der Waals surface area contributed by atoms with Crippen LogP contribution in [0.2, 0.25) is 0 Å². The number of aliphatic hydroxyl groups is 1. The molecular formula is C10H12Br2O3S. The smallest absolute Gasteiger partial charge is 0.309 e. The number of aliphatic carboxylic acids is 1. The molecule has 90 valence electrons. The summed E-state index contributed by atoms with van der Waals surface area (Å²) in [5.74, 6) is -1.87. The fraction of sp³-hybridized carbons (Fsp3) is 0.500. The zero-order valence-electron chi connectivity index (χ0n) is 8.78. The van der Waals surface area contributed by atoms with Gasteiger partial charge in [-0.05, 0) is 43.8 Å². The number of aliphatic hydroxyl groups excluding tert-OH is 1. The molecule has 0 radical (unpaired) electrons. The van der Waals surface area contributed by atoms with Crippen LogP contribution in [-0.2, 0) is 4.79 Å². The molecule has 2 atom stereocenters. The summed E-state index contributed by atoms with van der Waals surface area (Å²) < 4.78 is 1.69. The Balaban J connectivity index is 2.99. The van der Waals surface area contributed by atoms with Gasteiger partial charge in [-0.2, -0.15) is 0 Å². The van der Waals surface area contributed by atoms with Crippen molar-refractivity contribution in [3.05, 3.63) is 19.2 Å². The molecule has 0 aromatic carbocycles. The third kappa shape index (κ3) is 3.06. The van der Waals surface area contributed by atoms with Crippen molar-refractivity contribution in [2.24, 2.45) is 11.8 Å². The second kappa shape index (κ2) is 5.62. The number of carboxylic acids is 1. The van der Waals surface area contributed by atoms with Crippen molar-refractivity contribution in [2.75, 3.05) is 0 Å². The molecule has 1 aromatic rings. The van der Waals surface area contributed by atoms with E-state index in [4.69, 9.17) is 5.11 Å². The number of carbonyl (C=O) groups is 1. The highest BCUT2D eigenvalue weighted by Crippen LogP contribution is 2.39. The highest BCUT2D eigenvalue weighted by Gasteiger charge is 2.32. The summed E-state index contributed by atoms with van der Waals surface area (Å²) in [4.78, 5) is 11.7. The molecule has 0 aliphatic heterocycles. The minimum absolute atomic E-state index is 0.118. The molecule has 0 aliphatic carbocycles. The normalized spacial score (nSPS) is 15.1. The molecule has 3 nitrogen and oxygen atoms in total. The Bertz CT molecular complexity index is 370. The van der Waals surface area contributed by atoms with Gasteiger partial charge in [-0.25, -0.2) is 0 Å². The predicted molar refractivity (Wildman–Crippen MR) is 70.6 cm³/mol. The van der Waals surface area contributed by atoms with E-state index in [1.54, 1.807) is 19.9 Å². The van der Waals surface area contributed by atoms with Gasteiger partial charge in [0.2, 0.25) is 0 Å². The van der Waals surface area contributed by atoms with Gasteiger partial charge >= 0.3 is 5.97 Å². The number of thiophene rings is 1. The average molecular weight is 372 g/mol. The van der Waals surface area contributed by atoms with Crippen molar-refractivity contribution >= 4 is 49.2 Å². The molecule has 0 bridgehead atoms. The first-order chi connectivity index (χ1) is 7.34. The van der Waals surface area contributed by atoms with Gasteiger partial charge in [-0.3, -0.25) is 4.79 Å². The monoisotopic (exact) mass is 370 g/mol. The molecule has 0 spiro atoms. The van der Waals surface area contributed by atoms with Crippen LogP contribution in [-0.4, -0.2) is 16.2 Å². The lowest BCUT2D eigenvalue weighted by atomic mass is 9.89. The average Bonchev–Trinajstić information content (AvgIpc) is 2.45. The molecule has 16 heavy (non-hydrogen) atoms. The van der Waals surface area contributed by atoms with Gasteiger partial charge in [-0.1, -0.05) is 13.8 Å². The van der Waals surface area contributed by atoms with Crippen molar-refractivity contribution in [1.82, 2.24) is 0 Å². The second-order valence-electron chi connectivity index (χ2n) is 3.82. The Hall–Kier alpha value is 0.0900. The quantitative estimate of drug-likeness (QED) is 0.848. The van der Waals surface area contributed by atoms with Crippen LogP contribution in [0.25, 0.3) is 0 Å². The summed E-state index contributed by atoms with van der Waals surface area (Å²) in [5, 5.41) is 19.1. The van der Waals surface area contributed by atoms with E-state index in [1.165, 1.54) is 11.3 Å². The summed E-state index contributed by atoms with van der Waals surface area (Å²) in [6, 6.07) is 1.75. The van der Waals surface area contributed by atoms with Crippen molar-refractivity contribution < 1.29 is 15.0 Å². The number of hydrogen-bond donors (Lipinski definition) is 2. The highest BCUT2D eigenvalue weighted by molar-refractivity contribution is 9.13. The van der Waals surface area contributed by atoms with Crippen molar-refractivity contribution in [3.8, 4) is 0 Å². The first-order valence-corrected chi connectivity index (χ1v) is 7.10. The Kier molecular flexibility index (Phi) is 4.97. The third-order valence-electron chi connectivity index (χ3n) is 2.30. The van der Waals surface area contributed by atoms with E-state index in [0.29, 0.717) is 4.88 Å². The van der Waals surface area contributed by atoms with Gasteiger partial charge < -0.3 is 10.2 Å². The van der Waals surface area contributed by atoms with E-state index in [2.05, 4.69) is 31.9 Å². The molecule has 0 fully saturated rings. The lowest BCUT2D eigenvalue weighted by Gasteiger charge is -2.21. The predicted octanol–water partition coefficient (Wildman–Crippen LogP) is 3.66. The molecule has 1 aromatic heterocycles. The van der Waals surface area contributed by atoms with Crippen LogP contribution >= 0.6 is 43.2 Å². The van der Waals surface area contributed by atoms with Gasteiger partial charge in [0.15, 0.2) is 0 Å². The zero-order valence-corrected chi connectivity index (χ0v) is 12.8. The van der Waals surface area contributed by atoms with Crippen LogP contribution in [0, 0.1) is 11.8 Å².